The number of benzene rings is 1. The summed E-state index contributed by atoms with van der Waals surface area (Å²) in [6.07, 6.45) is 3.78. The number of anilines is 1. The molecule has 0 radical (unpaired) electrons. The van der Waals surface area contributed by atoms with E-state index in [9.17, 15) is 22.4 Å². The second kappa shape index (κ2) is 8.69. The van der Waals surface area contributed by atoms with Gasteiger partial charge in [-0.1, -0.05) is 12.1 Å². The topological polar surface area (TPSA) is 87.7 Å². The van der Waals surface area contributed by atoms with Gasteiger partial charge in [0.05, 0.1) is 11.9 Å². The number of carbonyl (C=O) groups is 2. The number of hydrogen-bond donors (Lipinski definition) is 0. The molecule has 1 aliphatic rings. The first kappa shape index (κ1) is 20.9. The minimum atomic E-state index is -3.80. The molecule has 154 valence electrons. The van der Waals surface area contributed by atoms with Crippen LogP contribution in [0.4, 0.5) is 10.1 Å². The largest absolute Gasteiger partial charge is 0.340 e. The lowest BCUT2D eigenvalue weighted by atomic mass is 9.92. The summed E-state index contributed by atoms with van der Waals surface area (Å²) in [5.41, 5.74) is 0.434. The molecule has 9 heteroatoms. The van der Waals surface area contributed by atoms with E-state index in [0.717, 1.165) is 16.6 Å². The van der Waals surface area contributed by atoms with Gasteiger partial charge in [-0.15, -0.1) is 0 Å². The Kier molecular flexibility index (Phi) is 6.26. The van der Waals surface area contributed by atoms with Crippen molar-refractivity contribution in [3.8, 4) is 0 Å². The van der Waals surface area contributed by atoms with E-state index >= 15 is 0 Å². The maximum absolute atomic E-state index is 13.5. The molecule has 0 bridgehead atoms. The molecule has 2 aromatic rings. The van der Waals surface area contributed by atoms with Crippen LogP contribution in [-0.4, -0.2) is 55.9 Å². The van der Waals surface area contributed by atoms with Gasteiger partial charge in [0.25, 0.3) is 0 Å². The highest BCUT2D eigenvalue weighted by molar-refractivity contribution is 7.92. The number of amides is 1. The van der Waals surface area contributed by atoms with Gasteiger partial charge in [0.1, 0.15) is 18.1 Å². The van der Waals surface area contributed by atoms with Gasteiger partial charge in [-0.25, -0.2) is 12.8 Å². The Labute approximate surface area is 169 Å². The van der Waals surface area contributed by atoms with Crippen molar-refractivity contribution in [1.82, 2.24) is 9.88 Å². The van der Waals surface area contributed by atoms with Gasteiger partial charge in [-0.05, 0) is 43.2 Å². The molecule has 1 saturated heterocycles. The van der Waals surface area contributed by atoms with Crippen LogP contribution in [-0.2, 0) is 14.8 Å². The minimum absolute atomic E-state index is 0.0824. The molecular weight excluding hydrogens is 397 g/mol. The highest BCUT2D eigenvalue weighted by Crippen LogP contribution is 2.22. The van der Waals surface area contributed by atoms with Gasteiger partial charge in [0.15, 0.2) is 5.78 Å². The number of pyridine rings is 1. The van der Waals surface area contributed by atoms with Crippen LogP contribution in [0.3, 0.4) is 0 Å². The number of Topliss-reactive ketones (excluding diaryl/α,β-unsaturated/α-hetero) is 1. The fourth-order valence-electron chi connectivity index (χ4n) is 3.39. The van der Waals surface area contributed by atoms with Crippen molar-refractivity contribution in [2.24, 2.45) is 5.92 Å². The third-order valence-electron chi connectivity index (χ3n) is 4.84. The van der Waals surface area contributed by atoms with Crippen LogP contribution < -0.4 is 4.31 Å². The maximum Gasteiger partial charge on any atom is 0.243 e. The lowest BCUT2D eigenvalue weighted by Gasteiger charge is -2.33. The molecule has 29 heavy (non-hydrogen) atoms. The highest BCUT2D eigenvalue weighted by atomic mass is 32.2. The fraction of sp³-hybridized carbons (Fsp3) is 0.350. The number of likely N-dealkylation sites (tertiary alicyclic amines) is 1. The molecule has 3 rings (SSSR count). The molecule has 0 saturated carbocycles. The lowest BCUT2D eigenvalue weighted by Crippen LogP contribution is -2.47. The minimum Gasteiger partial charge on any atom is -0.340 e. The molecule has 0 N–H and O–H groups in total. The van der Waals surface area contributed by atoms with Crippen LogP contribution in [0.5, 0.6) is 0 Å². The van der Waals surface area contributed by atoms with Crippen LogP contribution in [0.2, 0.25) is 0 Å². The van der Waals surface area contributed by atoms with Gasteiger partial charge in [0, 0.05) is 25.2 Å². The molecule has 1 atom stereocenters. The number of rotatable bonds is 6. The normalized spacial score (nSPS) is 17.0. The summed E-state index contributed by atoms with van der Waals surface area (Å²) in [5.74, 6) is -1.54. The summed E-state index contributed by atoms with van der Waals surface area (Å²) >= 11 is 0. The maximum atomic E-state index is 13.5. The second-order valence-corrected chi connectivity index (χ2v) is 8.91. The average Bonchev–Trinajstić information content (AvgIpc) is 2.71. The molecule has 1 aromatic heterocycles. The van der Waals surface area contributed by atoms with Crippen LogP contribution in [0, 0.1) is 11.7 Å². The van der Waals surface area contributed by atoms with E-state index in [1.54, 1.807) is 24.4 Å². The quantitative estimate of drug-likeness (QED) is 0.670. The van der Waals surface area contributed by atoms with E-state index < -0.39 is 28.3 Å². The van der Waals surface area contributed by atoms with Gasteiger partial charge in [-0.2, -0.15) is 0 Å². The predicted molar refractivity (Wildman–Crippen MR) is 106 cm³/mol. The van der Waals surface area contributed by atoms with Crippen molar-refractivity contribution in [1.29, 1.82) is 0 Å². The number of piperidine rings is 1. The Bertz CT molecular complexity index is 998. The van der Waals surface area contributed by atoms with Crippen LogP contribution in [0.15, 0.2) is 48.7 Å². The number of halogens is 1. The Balaban J connectivity index is 1.74. The molecule has 1 fully saturated rings. The van der Waals surface area contributed by atoms with Crippen molar-refractivity contribution < 1.29 is 22.4 Å². The molecule has 1 aromatic carbocycles. The smallest absolute Gasteiger partial charge is 0.243 e. The number of aromatic nitrogens is 1. The average molecular weight is 419 g/mol. The summed E-state index contributed by atoms with van der Waals surface area (Å²) in [6, 6.07) is 10.2. The number of hydrogen-bond acceptors (Lipinski definition) is 5. The van der Waals surface area contributed by atoms with Gasteiger partial charge in [0.2, 0.25) is 15.9 Å². The zero-order valence-electron chi connectivity index (χ0n) is 16.0. The van der Waals surface area contributed by atoms with Gasteiger partial charge >= 0.3 is 0 Å². The summed E-state index contributed by atoms with van der Waals surface area (Å²) in [6.45, 7) is 0.188. The van der Waals surface area contributed by atoms with Crippen LogP contribution >= 0.6 is 0 Å². The molecule has 1 amide bonds. The molecule has 0 aliphatic carbocycles. The molecule has 2 heterocycles. The number of nitrogens with zero attached hydrogens (tertiary/aromatic N) is 3. The van der Waals surface area contributed by atoms with Crippen LogP contribution in [0.25, 0.3) is 0 Å². The third-order valence-corrected chi connectivity index (χ3v) is 5.98. The van der Waals surface area contributed by atoms with E-state index in [4.69, 9.17) is 0 Å². The molecular formula is C20H22FN3O4S. The first-order chi connectivity index (χ1) is 13.8. The fourth-order valence-corrected chi connectivity index (χ4v) is 4.23. The Morgan fingerprint density at radius 2 is 2.03 bits per heavy atom. The van der Waals surface area contributed by atoms with E-state index in [0.29, 0.717) is 25.1 Å². The first-order valence-corrected chi connectivity index (χ1v) is 11.1. The molecule has 0 spiro atoms. The number of ketones is 1. The SMILES string of the molecule is CS(=O)(=O)N(CC(=O)N1CCCC(C(=O)c2ccccn2)C1)c1cccc(F)c1. The standard InChI is InChI=1S/C20H22FN3O4S/c1-29(27,28)24(17-8-4-7-16(21)12-17)14-19(25)23-11-5-6-15(13-23)20(26)18-9-2-3-10-22-18/h2-4,7-10,12,15H,5-6,11,13-14H2,1H3. The third kappa shape index (κ3) is 5.17. The van der Waals surface area contributed by atoms with E-state index in [1.165, 1.54) is 23.1 Å². The Morgan fingerprint density at radius 3 is 2.69 bits per heavy atom. The summed E-state index contributed by atoms with van der Waals surface area (Å²) in [5, 5.41) is 0. The summed E-state index contributed by atoms with van der Waals surface area (Å²) in [7, 11) is -3.80. The second-order valence-electron chi connectivity index (χ2n) is 7.01. The van der Waals surface area contributed by atoms with Gasteiger partial charge < -0.3 is 4.90 Å². The van der Waals surface area contributed by atoms with Crippen molar-refractivity contribution in [2.75, 3.05) is 30.2 Å². The molecule has 1 unspecified atom stereocenters. The predicted octanol–water partition coefficient (Wildman–Crippen LogP) is 2.11. The Morgan fingerprint density at radius 1 is 1.24 bits per heavy atom. The zero-order valence-corrected chi connectivity index (χ0v) is 16.8. The number of carbonyl (C=O) groups excluding carboxylic acids is 2. The lowest BCUT2D eigenvalue weighted by molar-refractivity contribution is -0.130. The molecule has 1 aliphatic heterocycles. The van der Waals surface area contributed by atoms with Crippen molar-refractivity contribution in [2.45, 2.75) is 12.8 Å². The van der Waals surface area contributed by atoms with E-state index in [1.807, 2.05) is 0 Å². The number of sulfonamides is 1. The Hall–Kier alpha value is -2.81. The first-order valence-electron chi connectivity index (χ1n) is 9.22. The zero-order chi connectivity index (χ0) is 21.0. The summed E-state index contributed by atoms with van der Waals surface area (Å²) < 4.78 is 38.8. The molecule has 7 nitrogen and oxygen atoms in total. The highest BCUT2D eigenvalue weighted by Gasteiger charge is 2.31. The monoisotopic (exact) mass is 419 g/mol. The van der Waals surface area contributed by atoms with E-state index in [-0.39, 0.29) is 23.9 Å². The van der Waals surface area contributed by atoms with Crippen molar-refractivity contribution >= 4 is 27.4 Å². The van der Waals surface area contributed by atoms with Crippen molar-refractivity contribution in [3.05, 3.63) is 60.2 Å². The summed E-state index contributed by atoms with van der Waals surface area (Å²) in [4.78, 5) is 31.0. The van der Waals surface area contributed by atoms with E-state index in [2.05, 4.69) is 4.98 Å². The van der Waals surface area contributed by atoms with Crippen molar-refractivity contribution in [3.63, 3.8) is 0 Å². The van der Waals surface area contributed by atoms with Crippen LogP contribution in [0.1, 0.15) is 23.3 Å². The van der Waals surface area contributed by atoms with Gasteiger partial charge in [-0.3, -0.25) is 18.9 Å².